The van der Waals surface area contributed by atoms with E-state index >= 15 is 0 Å². The fourth-order valence-electron chi connectivity index (χ4n) is 1.75. The van der Waals surface area contributed by atoms with Gasteiger partial charge in [0.2, 0.25) is 15.9 Å². The van der Waals surface area contributed by atoms with Gasteiger partial charge in [-0.15, -0.1) is 0 Å². The molecule has 106 valence electrons. The van der Waals surface area contributed by atoms with Gasteiger partial charge >= 0.3 is 0 Å². The van der Waals surface area contributed by atoms with Crippen LogP contribution in [0, 0.1) is 0 Å². The van der Waals surface area contributed by atoms with Crippen LogP contribution in [0.15, 0.2) is 0 Å². The molecule has 0 aromatic heterocycles. The van der Waals surface area contributed by atoms with Gasteiger partial charge in [-0.2, -0.15) is 11.8 Å². The van der Waals surface area contributed by atoms with Gasteiger partial charge in [0.15, 0.2) is 0 Å². The zero-order chi connectivity index (χ0) is 13.6. The standard InChI is InChI=1S/C10H21N3O3S2/c1-18(15,16)12-4-7-17-8-9(11)10(14)13-5-2-3-6-13/h9,12H,2-8,11H2,1H3/t9-/m1/s1. The Bertz CT molecular complexity index is 367. The van der Waals surface area contributed by atoms with E-state index in [1.165, 1.54) is 11.8 Å². The maximum Gasteiger partial charge on any atom is 0.240 e. The summed E-state index contributed by atoms with van der Waals surface area (Å²) in [5, 5.41) is 0. The molecule has 0 unspecified atom stereocenters. The molecular weight excluding hydrogens is 274 g/mol. The number of nitrogens with one attached hydrogen (secondary N) is 1. The Morgan fingerprint density at radius 2 is 2.06 bits per heavy atom. The Labute approximate surface area is 113 Å². The molecule has 18 heavy (non-hydrogen) atoms. The van der Waals surface area contributed by atoms with Crippen LogP contribution in [0.1, 0.15) is 12.8 Å². The monoisotopic (exact) mass is 295 g/mol. The van der Waals surface area contributed by atoms with Crippen LogP contribution < -0.4 is 10.5 Å². The fraction of sp³-hybridized carbons (Fsp3) is 0.900. The second kappa shape index (κ2) is 7.32. The van der Waals surface area contributed by atoms with E-state index in [4.69, 9.17) is 5.73 Å². The number of amides is 1. The smallest absolute Gasteiger partial charge is 0.240 e. The van der Waals surface area contributed by atoms with E-state index in [0.29, 0.717) is 18.1 Å². The van der Waals surface area contributed by atoms with Crippen molar-refractivity contribution in [2.45, 2.75) is 18.9 Å². The molecule has 6 nitrogen and oxygen atoms in total. The minimum Gasteiger partial charge on any atom is -0.341 e. The van der Waals surface area contributed by atoms with E-state index in [0.717, 1.165) is 32.2 Å². The summed E-state index contributed by atoms with van der Waals surface area (Å²) in [6, 6.07) is -0.480. The zero-order valence-corrected chi connectivity index (χ0v) is 12.2. The van der Waals surface area contributed by atoms with Crippen molar-refractivity contribution in [3.05, 3.63) is 0 Å². The minimum absolute atomic E-state index is 0.0103. The number of rotatable bonds is 7. The first kappa shape index (κ1) is 15.7. The molecule has 0 saturated carbocycles. The van der Waals surface area contributed by atoms with Crippen LogP contribution in [0.5, 0.6) is 0 Å². The highest BCUT2D eigenvalue weighted by Gasteiger charge is 2.23. The number of likely N-dealkylation sites (tertiary alicyclic amines) is 1. The van der Waals surface area contributed by atoms with Crippen molar-refractivity contribution in [1.29, 1.82) is 0 Å². The predicted octanol–water partition coefficient (Wildman–Crippen LogP) is -0.781. The Kier molecular flexibility index (Phi) is 6.40. The molecule has 1 saturated heterocycles. The first-order chi connectivity index (χ1) is 8.40. The van der Waals surface area contributed by atoms with E-state index in [1.807, 2.05) is 0 Å². The number of carbonyl (C=O) groups is 1. The topological polar surface area (TPSA) is 92.5 Å². The van der Waals surface area contributed by atoms with Gasteiger partial charge in [-0.3, -0.25) is 4.79 Å². The molecule has 1 heterocycles. The largest absolute Gasteiger partial charge is 0.341 e. The molecule has 1 rings (SSSR count). The Morgan fingerprint density at radius 3 is 2.61 bits per heavy atom. The highest BCUT2D eigenvalue weighted by atomic mass is 32.2. The highest BCUT2D eigenvalue weighted by Crippen LogP contribution is 2.10. The molecule has 0 aromatic rings. The third-order valence-corrected chi connectivity index (χ3v) is 4.46. The highest BCUT2D eigenvalue weighted by molar-refractivity contribution is 7.99. The van der Waals surface area contributed by atoms with Gasteiger partial charge in [-0.1, -0.05) is 0 Å². The second-order valence-electron chi connectivity index (χ2n) is 4.38. The molecule has 1 atom stereocenters. The van der Waals surface area contributed by atoms with E-state index in [9.17, 15) is 13.2 Å². The van der Waals surface area contributed by atoms with Crippen molar-refractivity contribution in [2.75, 3.05) is 37.4 Å². The molecule has 1 fully saturated rings. The molecule has 0 aliphatic carbocycles. The van der Waals surface area contributed by atoms with Gasteiger partial charge in [0, 0.05) is 31.1 Å². The molecule has 8 heteroatoms. The van der Waals surface area contributed by atoms with Gasteiger partial charge in [-0.25, -0.2) is 13.1 Å². The number of nitrogens with two attached hydrogens (primary N) is 1. The average molecular weight is 295 g/mol. The van der Waals surface area contributed by atoms with Crippen LogP contribution in [0.3, 0.4) is 0 Å². The van der Waals surface area contributed by atoms with E-state index in [1.54, 1.807) is 4.90 Å². The lowest BCUT2D eigenvalue weighted by Crippen LogP contribution is -2.44. The summed E-state index contributed by atoms with van der Waals surface area (Å²) >= 11 is 1.49. The first-order valence-electron chi connectivity index (χ1n) is 5.97. The number of hydrogen-bond acceptors (Lipinski definition) is 5. The summed E-state index contributed by atoms with van der Waals surface area (Å²) in [5.74, 6) is 1.16. The van der Waals surface area contributed by atoms with Crippen molar-refractivity contribution >= 4 is 27.7 Å². The molecule has 1 aliphatic rings. The maximum absolute atomic E-state index is 11.8. The molecule has 0 radical (unpaired) electrons. The molecule has 0 bridgehead atoms. The third-order valence-electron chi connectivity index (χ3n) is 2.64. The number of sulfonamides is 1. The molecule has 0 spiro atoms. The van der Waals surface area contributed by atoms with Gasteiger partial charge in [0.05, 0.1) is 12.3 Å². The lowest BCUT2D eigenvalue weighted by molar-refractivity contribution is -0.130. The van der Waals surface area contributed by atoms with Gasteiger partial charge < -0.3 is 10.6 Å². The van der Waals surface area contributed by atoms with Gasteiger partial charge in [-0.05, 0) is 12.8 Å². The molecule has 1 amide bonds. The second-order valence-corrected chi connectivity index (χ2v) is 7.36. The summed E-state index contributed by atoms with van der Waals surface area (Å²) in [4.78, 5) is 13.6. The zero-order valence-electron chi connectivity index (χ0n) is 10.6. The van der Waals surface area contributed by atoms with E-state index in [2.05, 4.69) is 4.72 Å². The first-order valence-corrected chi connectivity index (χ1v) is 9.01. The van der Waals surface area contributed by atoms with Crippen LogP contribution >= 0.6 is 11.8 Å². The summed E-state index contributed by atoms with van der Waals surface area (Å²) in [7, 11) is -3.12. The average Bonchev–Trinajstić information content (AvgIpc) is 2.79. The SMILES string of the molecule is CS(=O)(=O)NCCSC[C@@H](N)C(=O)N1CCCC1. The van der Waals surface area contributed by atoms with Crippen molar-refractivity contribution in [3.63, 3.8) is 0 Å². The van der Waals surface area contributed by atoms with Gasteiger partial charge in [0.1, 0.15) is 0 Å². The van der Waals surface area contributed by atoms with E-state index < -0.39 is 16.1 Å². The van der Waals surface area contributed by atoms with Crippen LogP contribution in [-0.4, -0.2) is 62.7 Å². The number of carbonyl (C=O) groups excluding carboxylic acids is 1. The number of nitrogens with zero attached hydrogens (tertiary/aromatic N) is 1. The van der Waals surface area contributed by atoms with Crippen LogP contribution in [0.25, 0.3) is 0 Å². The van der Waals surface area contributed by atoms with E-state index in [-0.39, 0.29) is 5.91 Å². The predicted molar refractivity (Wildman–Crippen MR) is 74.0 cm³/mol. The number of hydrogen-bond donors (Lipinski definition) is 2. The normalized spacial score (nSPS) is 18.0. The Hall–Kier alpha value is -0.310. The molecule has 3 N–H and O–H groups in total. The maximum atomic E-state index is 11.8. The summed E-state index contributed by atoms with van der Waals surface area (Å²) in [6.45, 7) is 1.99. The van der Waals surface area contributed by atoms with Crippen molar-refractivity contribution in [2.24, 2.45) is 5.73 Å². The molecule has 1 aliphatic heterocycles. The van der Waals surface area contributed by atoms with Crippen LogP contribution in [-0.2, 0) is 14.8 Å². The van der Waals surface area contributed by atoms with Crippen molar-refractivity contribution in [3.8, 4) is 0 Å². The van der Waals surface area contributed by atoms with Crippen LogP contribution in [0.2, 0.25) is 0 Å². The van der Waals surface area contributed by atoms with Crippen LogP contribution in [0.4, 0.5) is 0 Å². The Morgan fingerprint density at radius 1 is 1.44 bits per heavy atom. The minimum atomic E-state index is -3.12. The van der Waals surface area contributed by atoms with Crippen molar-refractivity contribution in [1.82, 2.24) is 9.62 Å². The molecule has 0 aromatic carbocycles. The molecular formula is C10H21N3O3S2. The Balaban J connectivity index is 2.13. The lowest BCUT2D eigenvalue weighted by Gasteiger charge is -2.19. The summed E-state index contributed by atoms with van der Waals surface area (Å²) < 4.78 is 24.0. The lowest BCUT2D eigenvalue weighted by atomic mass is 10.3. The third kappa shape index (κ3) is 6.03. The van der Waals surface area contributed by atoms with Crippen molar-refractivity contribution < 1.29 is 13.2 Å². The number of thioether (sulfide) groups is 1. The fourth-order valence-corrected chi connectivity index (χ4v) is 3.16. The summed E-state index contributed by atoms with van der Waals surface area (Å²) in [6.07, 6.45) is 3.24. The summed E-state index contributed by atoms with van der Waals surface area (Å²) in [5.41, 5.74) is 5.81. The van der Waals surface area contributed by atoms with Gasteiger partial charge in [0.25, 0.3) is 0 Å². The quantitative estimate of drug-likeness (QED) is 0.601.